The van der Waals surface area contributed by atoms with E-state index in [0.29, 0.717) is 11.4 Å². The highest BCUT2D eigenvalue weighted by atomic mass is 16.5. The summed E-state index contributed by atoms with van der Waals surface area (Å²) in [6.07, 6.45) is 1.77. The molecule has 3 aromatic rings. The van der Waals surface area contributed by atoms with Crippen molar-refractivity contribution in [2.75, 3.05) is 7.11 Å². The topological polar surface area (TPSA) is 52.1 Å². The number of ketones is 1. The fraction of sp³-hybridized carbons (Fsp3) is 0.118. The molecule has 0 aliphatic carbocycles. The van der Waals surface area contributed by atoms with Crippen LogP contribution in [0.5, 0.6) is 5.75 Å². The molecule has 4 nitrogen and oxygen atoms in total. The zero-order chi connectivity index (χ0) is 14.7. The van der Waals surface area contributed by atoms with Crippen LogP contribution in [0, 0.1) is 0 Å². The molecule has 4 heteroatoms. The summed E-state index contributed by atoms with van der Waals surface area (Å²) in [5.74, 6) is 0.636. The molecule has 0 atom stereocenters. The minimum atomic E-state index is -0.0715. The SMILES string of the molecule is COc1ccccc1CC(=O)c1cnc2ccccc2n1. The van der Waals surface area contributed by atoms with Crippen LogP contribution in [0.4, 0.5) is 0 Å². The average Bonchev–Trinajstić information content (AvgIpc) is 2.55. The van der Waals surface area contributed by atoms with Crippen LogP contribution in [0.1, 0.15) is 16.1 Å². The number of benzene rings is 2. The van der Waals surface area contributed by atoms with Gasteiger partial charge in [-0.2, -0.15) is 0 Å². The fourth-order valence-electron chi connectivity index (χ4n) is 2.20. The summed E-state index contributed by atoms with van der Waals surface area (Å²) in [5, 5.41) is 0. The third-order valence-corrected chi connectivity index (χ3v) is 3.28. The first-order chi connectivity index (χ1) is 10.3. The second-order valence-electron chi connectivity index (χ2n) is 4.66. The van der Waals surface area contributed by atoms with Gasteiger partial charge in [-0.05, 0) is 18.2 Å². The lowest BCUT2D eigenvalue weighted by atomic mass is 10.1. The molecule has 0 N–H and O–H groups in total. The summed E-state index contributed by atoms with van der Waals surface area (Å²) >= 11 is 0. The van der Waals surface area contributed by atoms with Crippen molar-refractivity contribution in [1.82, 2.24) is 9.97 Å². The number of hydrogen-bond acceptors (Lipinski definition) is 4. The van der Waals surface area contributed by atoms with Crippen molar-refractivity contribution in [3.63, 3.8) is 0 Å². The van der Waals surface area contributed by atoms with Gasteiger partial charge >= 0.3 is 0 Å². The van der Waals surface area contributed by atoms with E-state index in [1.54, 1.807) is 7.11 Å². The quantitative estimate of drug-likeness (QED) is 0.688. The van der Waals surface area contributed by atoms with Gasteiger partial charge in [0.1, 0.15) is 11.4 Å². The lowest BCUT2D eigenvalue weighted by Crippen LogP contribution is -2.08. The largest absolute Gasteiger partial charge is 0.496 e. The maximum Gasteiger partial charge on any atom is 0.187 e. The van der Waals surface area contributed by atoms with Crippen molar-refractivity contribution in [1.29, 1.82) is 0 Å². The van der Waals surface area contributed by atoms with Crippen LogP contribution in [-0.2, 0) is 6.42 Å². The number of nitrogens with zero attached hydrogens (tertiary/aromatic N) is 2. The Kier molecular flexibility index (Phi) is 3.60. The predicted molar refractivity (Wildman–Crippen MR) is 80.6 cm³/mol. The van der Waals surface area contributed by atoms with E-state index in [2.05, 4.69) is 9.97 Å². The summed E-state index contributed by atoms with van der Waals surface area (Å²) < 4.78 is 5.26. The molecule has 2 aromatic carbocycles. The molecule has 0 saturated heterocycles. The minimum absolute atomic E-state index is 0.0715. The Bertz CT molecular complexity index is 799. The summed E-state index contributed by atoms with van der Waals surface area (Å²) in [5.41, 5.74) is 2.73. The van der Waals surface area contributed by atoms with Gasteiger partial charge in [0, 0.05) is 12.0 Å². The molecule has 0 fully saturated rings. The lowest BCUT2D eigenvalue weighted by Gasteiger charge is -2.07. The number of methoxy groups -OCH3 is 1. The molecule has 0 amide bonds. The van der Waals surface area contributed by atoms with Crippen LogP contribution in [-0.4, -0.2) is 22.9 Å². The number of carbonyl (C=O) groups is 1. The predicted octanol–water partition coefficient (Wildman–Crippen LogP) is 3.06. The Morgan fingerprint density at radius 1 is 1.05 bits per heavy atom. The number of carbonyl (C=O) groups excluding carboxylic acids is 1. The smallest absolute Gasteiger partial charge is 0.187 e. The van der Waals surface area contributed by atoms with Gasteiger partial charge in [0.2, 0.25) is 0 Å². The molecule has 0 aliphatic rings. The van der Waals surface area contributed by atoms with Crippen LogP contribution in [0.15, 0.2) is 54.7 Å². The zero-order valence-electron chi connectivity index (χ0n) is 11.6. The summed E-state index contributed by atoms with van der Waals surface area (Å²) in [6.45, 7) is 0. The van der Waals surface area contributed by atoms with Gasteiger partial charge in [-0.15, -0.1) is 0 Å². The Balaban J connectivity index is 1.90. The highest BCUT2D eigenvalue weighted by molar-refractivity contribution is 5.97. The van der Waals surface area contributed by atoms with Gasteiger partial charge in [-0.25, -0.2) is 4.98 Å². The van der Waals surface area contributed by atoms with E-state index in [1.165, 1.54) is 6.20 Å². The van der Waals surface area contributed by atoms with Crippen molar-refractivity contribution >= 4 is 16.8 Å². The van der Waals surface area contributed by atoms with Crippen molar-refractivity contribution in [2.24, 2.45) is 0 Å². The molecular weight excluding hydrogens is 264 g/mol. The van der Waals surface area contributed by atoms with E-state index >= 15 is 0 Å². The standard InChI is InChI=1S/C17H14N2O2/c1-21-17-9-5-2-6-12(17)10-16(20)15-11-18-13-7-3-4-8-14(13)19-15/h2-9,11H,10H2,1H3. The lowest BCUT2D eigenvalue weighted by molar-refractivity contribution is 0.0987. The van der Waals surface area contributed by atoms with Crippen molar-refractivity contribution in [3.8, 4) is 5.75 Å². The van der Waals surface area contributed by atoms with Gasteiger partial charge < -0.3 is 4.74 Å². The van der Waals surface area contributed by atoms with Crippen molar-refractivity contribution < 1.29 is 9.53 Å². The number of ether oxygens (including phenoxy) is 1. The van der Waals surface area contributed by atoms with Crippen LogP contribution < -0.4 is 4.74 Å². The maximum absolute atomic E-state index is 12.4. The molecule has 0 unspecified atom stereocenters. The first kappa shape index (κ1) is 13.2. The highest BCUT2D eigenvalue weighted by Gasteiger charge is 2.12. The molecule has 0 saturated carbocycles. The third-order valence-electron chi connectivity index (χ3n) is 3.28. The highest BCUT2D eigenvalue weighted by Crippen LogP contribution is 2.19. The maximum atomic E-state index is 12.4. The van der Waals surface area contributed by atoms with Crippen LogP contribution >= 0.6 is 0 Å². The normalized spacial score (nSPS) is 10.5. The van der Waals surface area contributed by atoms with Crippen molar-refractivity contribution in [3.05, 3.63) is 66.0 Å². The number of Topliss-reactive ketones (excluding diaryl/α,β-unsaturated/α-hetero) is 1. The number of aromatic nitrogens is 2. The van der Waals surface area contributed by atoms with Gasteiger partial charge in [0.15, 0.2) is 5.78 Å². The molecule has 21 heavy (non-hydrogen) atoms. The molecule has 0 bridgehead atoms. The summed E-state index contributed by atoms with van der Waals surface area (Å²) in [4.78, 5) is 21.0. The first-order valence-electron chi connectivity index (χ1n) is 6.65. The van der Waals surface area contributed by atoms with E-state index in [4.69, 9.17) is 4.74 Å². The Labute approximate surface area is 122 Å². The van der Waals surface area contributed by atoms with Gasteiger partial charge in [0.05, 0.1) is 24.3 Å². The van der Waals surface area contributed by atoms with E-state index in [-0.39, 0.29) is 12.2 Å². The average molecular weight is 278 g/mol. The third kappa shape index (κ3) is 2.74. The molecule has 0 spiro atoms. The van der Waals surface area contributed by atoms with E-state index in [9.17, 15) is 4.79 Å². The van der Waals surface area contributed by atoms with Crippen LogP contribution in [0.25, 0.3) is 11.0 Å². The molecule has 0 radical (unpaired) electrons. The Morgan fingerprint density at radius 2 is 1.76 bits per heavy atom. The van der Waals surface area contributed by atoms with Gasteiger partial charge in [-0.3, -0.25) is 9.78 Å². The Morgan fingerprint density at radius 3 is 2.57 bits per heavy atom. The van der Waals surface area contributed by atoms with E-state index < -0.39 is 0 Å². The summed E-state index contributed by atoms with van der Waals surface area (Å²) in [7, 11) is 1.60. The minimum Gasteiger partial charge on any atom is -0.496 e. The van der Waals surface area contributed by atoms with Gasteiger partial charge in [0.25, 0.3) is 0 Å². The molecule has 1 heterocycles. The summed E-state index contributed by atoms with van der Waals surface area (Å²) in [6, 6.07) is 15.0. The molecule has 3 rings (SSSR count). The first-order valence-corrected chi connectivity index (χ1v) is 6.65. The van der Waals surface area contributed by atoms with Crippen LogP contribution in [0.3, 0.4) is 0 Å². The fourth-order valence-corrected chi connectivity index (χ4v) is 2.20. The molecule has 0 aliphatic heterocycles. The number of fused-ring (bicyclic) bond motifs is 1. The zero-order valence-corrected chi connectivity index (χ0v) is 11.6. The van der Waals surface area contributed by atoms with Gasteiger partial charge in [-0.1, -0.05) is 30.3 Å². The second kappa shape index (κ2) is 5.71. The van der Waals surface area contributed by atoms with Crippen molar-refractivity contribution in [2.45, 2.75) is 6.42 Å². The molecular formula is C17H14N2O2. The van der Waals surface area contributed by atoms with E-state index in [0.717, 1.165) is 16.6 Å². The molecule has 104 valence electrons. The Hall–Kier alpha value is -2.75. The van der Waals surface area contributed by atoms with E-state index in [1.807, 2.05) is 48.5 Å². The second-order valence-corrected chi connectivity index (χ2v) is 4.66. The monoisotopic (exact) mass is 278 g/mol. The molecule has 1 aromatic heterocycles. The van der Waals surface area contributed by atoms with Crippen LogP contribution in [0.2, 0.25) is 0 Å². The number of rotatable bonds is 4. The number of para-hydroxylation sites is 3. The number of hydrogen-bond donors (Lipinski definition) is 0.